The first-order chi connectivity index (χ1) is 66.2. The third kappa shape index (κ3) is 109. The molecule has 0 amide bonds. The first kappa shape index (κ1) is 130. The molecule has 0 heterocycles. The van der Waals surface area contributed by atoms with Gasteiger partial charge in [-0.1, -0.05) is 493 Å². The summed E-state index contributed by atoms with van der Waals surface area (Å²) in [5.41, 5.74) is 0. The van der Waals surface area contributed by atoms with Crippen LogP contribution in [0, 0.1) is 0 Å². The van der Waals surface area contributed by atoms with Gasteiger partial charge in [-0.05, 0) is 154 Å². The Morgan fingerprint density at radius 2 is 0.393 bits per heavy atom. The minimum atomic E-state index is -4.95. The van der Waals surface area contributed by atoms with Crippen molar-refractivity contribution in [3.8, 4) is 0 Å². The molecule has 0 spiro atoms. The molecular formula is C117H206O16P2. The second-order valence-corrected chi connectivity index (χ2v) is 40.3. The summed E-state index contributed by atoms with van der Waals surface area (Å²) in [6.45, 7) is 2.62. The van der Waals surface area contributed by atoms with Crippen molar-refractivity contribution in [3.05, 3.63) is 158 Å². The number of ether oxygens (including phenoxy) is 3. The van der Waals surface area contributed by atoms with Crippen LogP contribution in [0.15, 0.2) is 158 Å². The van der Waals surface area contributed by atoms with Gasteiger partial charge in [0.1, 0.15) is 25.4 Å². The number of phosphoric acid groups is 2. The average molecular weight is 1930 g/mol. The lowest BCUT2D eigenvalue weighted by Crippen LogP contribution is -2.30. The largest absolute Gasteiger partial charge is 0.472 e. The maximum Gasteiger partial charge on any atom is 0.472 e. The molecule has 0 fully saturated rings. The van der Waals surface area contributed by atoms with Crippen LogP contribution in [0.3, 0.4) is 0 Å². The molecule has 4 N–H and O–H groups in total. The summed E-state index contributed by atoms with van der Waals surface area (Å²) in [6.07, 6.45) is 142. The number of aliphatic hydroxyl groups excluding tert-OH is 2. The number of esters is 3. The first-order valence-corrected chi connectivity index (χ1v) is 58.8. The monoisotopic (exact) mass is 1930 g/mol. The smallest absolute Gasteiger partial charge is 0.463 e. The lowest BCUT2D eigenvalue weighted by Gasteiger charge is -2.21. The molecule has 0 aromatic carbocycles. The molecule has 0 aliphatic carbocycles. The minimum absolute atomic E-state index is 0.102. The number of unbranched alkanes of at least 4 members (excludes halogenated alkanes) is 57. The van der Waals surface area contributed by atoms with Crippen molar-refractivity contribution in [1.29, 1.82) is 0 Å². The second kappa shape index (κ2) is 108. The van der Waals surface area contributed by atoms with Crippen molar-refractivity contribution in [2.45, 2.75) is 527 Å². The Hall–Kier alpha value is -4.83. The van der Waals surface area contributed by atoms with E-state index < -0.39 is 91.5 Å². The number of hydrogen-bond acceptors (Lipinski definition) is 14. The molecule has 0 aromatic rings. The molecule has 18 heteroatoms. The quantitative estimate of drug-likeness (QED) is 0.0146. The molecule has 0 rings (SSSR count). The number of aliphatic hydroxyl groups is 2. The molecule has 135 heavy (non-hydrogen) atoms. The highest BCUT2D eigenvalue weighted by atomic mass is 31.2. The normalized spacial score (nSPS) is 14.2. The van der Waals surface area contributed by atoms with Crippen LogP contribution in [-0.4, -0.2) is 95.9 Å². The number of carbonyl (C=O) groups excluding carboxylic acids is 3. The summed E-state index contributed by atoms with van der Waals surface area (Å²) in [5.74, 6) is -1.55. The molecule has 5 unspecified atom stereocenters. The van der Waals surface area contributed by atoms with Crippen LogP contribution in [0.2, 0.25) is 0 Å². The average Bonchev–Trinajstić information content (AvgIpc) is 0.895. The molecular weight excluding hydrogens is 1720 g/mol. The molecule has 0 bridgehead atoms. The van der Waals surface area contributed by atoms with Crippen LogP contribution in [0.25, 0.3) is 0 Å². The Labute approximate surface area is 829 Å². The van der Waals surface area contributed by atoms with Gasteiger partial charge in [0.2, 0.25) is 0 Å². The predicted octanol–water partition coefficient (Wildman–Crippen LogP) is 35.9. The molecule has 0 aliphatic rings. The highest BCUT2D eigenvalue weighted by Gasteiger charge is 2.30. The Morgan fingerprint density at radius 1 is 0.215 bits per heavy atom. The standard InChI is InChI=1S/C117H206O16P2/c1-4-7-10-13-16-19-22-25-28-31-34-37-40-43-46-49-51-53-55-57-59-62-64-67-70-73-76-79-82-85-88-91-94-97-100-103-115(120)127-106-112(118)107-129-134(123,124)130-108-113(119)109-131-135(125,126)132-111-114(133-117(122)105-102-99-96-93-90-87-84-81-78-75-72-69-66-61-48-45-42-39-36-33-30-27-24-21-18-15-12-9-6-3)110-128-116(121)104-101-98-95-92-89-86-83-80-77-74-71-68-65-63-60-58-56-54-52-50-47-44-41-38-35-32-29-26-23-20-17-14-11-8-5-2/h9,12,16-21,25-30,34-39,43-48,112-114,118-119H,4-8,10-11,13-15,22-24,31-33,40-42,49-111H2,1-3H3,(H,123,124)(H,125,126)/b12-9-,19-16-,20-17-,21-18-,28-25-,29-26-,30-27-,37-34-,38-35-,39-36-,46-43-,47-44-,48-45-. The van der Waals surface area contributed by atoms with Crippen LogP contribution in [-0.2, 0) is 55.8 Å². The summed E-state index contributed by atoms with van der Waals surface area (Å²) in [5, 5.41) is 20.8. The van der Waals surface area contributed by atoms with E-state index in [1.807, 2.05) is 0 Å². The van der Waals surface area contributed by atoms with Crippen LogP contribution in [0.4, 0.5) is 0 Å². The molecule has 0 radical (unpaired) electrons. The topological polar surface area (TPSA) is 231 Å². The molecule has 0 aromatic heterocycles. The summed E-state index contributed by atoms with van der Waals surface area (Å²) in [6, 6.07) is 0. The van der Waals surface area contributed by atoms with Gasteiger partial charge < -0.3 is 34.2 Å². The Kier molecular flexibility index (Phi) is 104. The van der Waals surface area contributed by atoms with Crippen LogP contribution < -0.4 is 0 Å². The van der Waals surface area contributed by atoms with E-state index in [2.05, 4.69) is 179 Å². The van der Waals surface area contributed by atoms with Gasteiger partial charge in [0, 0.05) is 19.3 Å². The van der Waals surface area contributed by atoms with Gasteiger partial charge in [0.25, 0.3) is 0 Å². The van der Waals surface area contributed by atoms with Crippen LogP contribution >= 0.6 is 15.6 Å². The highest BCUT2D eigenvalue weighted by Crippen LogP contribution is 2.45. The summed E-state index contributed by atoms with van der Waals surface area (Å²) in [7, 11) is -9.82. The zero-order valence-electron chi connectivity index (χ0n) is 86.8. The van der Waals surface area contributed by atoms with Gasteiger partial charge in [0.05, 0.1) is 26.4 Å². The maximum atomic E-state index is 13.2. The first-order valence-electron chi connectivity index (χ1n) is 55.8. The maximum absolute atomic E-state index is 13.2. The van der Waals surface area contributed by atoms with Crippen LogP contribution in [0.1, 0.15) is 509 Å². The van der Waals surface area contributed by atoms with Crippen molar-refractivity contribution in [3.63, 3.8) is 0 Å². The zero-order chi connectivity index (χ0) is 97.8. The van der Waals surface area contributed by atoms with Gasteiger partial charge >= 0.3 is 33.6 Å². The fourth-order valence-corrected chi connectivity index (χ4v) is 17.4. The summed E-state index contributed by atoms with van der Waals surface area (Å²) >= 11 is 0. The van der Waals surface area contributed by atoms with Gasteiger partial charge in [-0.25, -0.2) is 9.13 Å². The Bertz CT molecular complexity index is 3090. The second-order valence-electron chi connectivity index (χ2n) is 37.4. The number of rotatable bonds is 106. The zero-order valence-corrected chi connectivity index (χ0v) is 88.6. The number of allylic oxidation sites excluding steroid dienone is 26. The van der Waals surface area contributed by atoms with Gasteiger partial charge in [-0.3, -0.25) is 32.5 Å². The van der Waals surface area contributed by atoms with E-state index in [1.54, 1.807) is 0 Å². The molecule has 0 saturated heterocycles. The third-order valence-electron chi connectivity index (χ3n) is 24.2. The molecule has 5 atom stereocenters. The molecule has 0 saturated carbocycles. The molecule has 16 nitrogen and oxygen atoms in total. The van der Waals surface area contributed by atoms with E-state index in [0.29, 0.717) is 19.3 Å². The van der Waals surface area contributed by atoms with E-state index in [9.17, 15) is 43.5 Å². The SMILES string of the molecule is CC/C=C\C/C=C\C/C=C\C/C=C\C/C=C\CCCCCCCCCCCCCCCC(=O)OC(COC(=O)CCCCCCCCCCCCCCCCCCCCC/C=C\C/C=C\C/C=C\C/C=C\CCCCC)COP(=O)(O)OCC(O)COP(=O)(O)OCC(O)COC(=O)CCCCCCCCCCCCCCCCCCCCC/C=C\C/C=C\C/C=C\C/C=C\CCCCC. The fourth-order valence-electron chi connectivity index (χ4n) is 15.8. The van der Waals surface area contributed by atoms with Crippen molar-refractivity contribution in [2.24, 2.45) is 0 Å². The molecule has 0 aliphatic heterocycles. The van der Waals surface area contributed by atoms with Crippen LogP contribution in [0.5, 0.6) is 0 Å². The number of carbonyl (C=O) groups is 3. The molecule has 780 valence electrons. The van der Waals surface area contributed by atoms with E-state index >= 15 is 0 Å². The van der Waals surface area contributed by atoms with Gasteiger partial charge in [0.15, 0.2) is 6.10 Å². The Morgan fingerprint density at radius 3 is 0.622 bits per heavy atom. The van der Waals surface area contributed by atoms with E-state index in [4.69, 9.17) is 32.3 Å². The van der Waals surface area contributed by atoms with Crippen molar-refractivity contribution >= 4 is 33.6 Å². The number of hydrogen-bond donors (Lipinski definition) is 4. The van der Waals surface area contributed by atoms with Crippen molar-refractivity contribution < 1.29 is 75.8 Å². The van der Waals surface area contributed by atoms with E-state index in [1.165, 1.54) is 308 Å². The summed E-state index contributed by atoms with van der Waals surface area (Å²) < 4.78 is 61.8. The van der Waals surface area contributed by atoms with E-state index in [-0.39, 0.29) is 19.3 Å². The third-order valence-corrected chi connectivity index (χ3v) is 26.1. The van der Waals surface area contributed by atoms with Gasteiger partial charge in [-0.15, -0.1) is 0 Å². The Balaban J connectivity index is 4.57. The number of phosphoric ester groups is 2. The van der Waals surface area contributed by atoms with Gasteiger partial charge in [-0.2, -0.15) is 0 Å². The lowest BCUT2D eigenvalue weighted by atomic mass is 10.0. The van der Waals surface area contributed by atoms with Crippen molar-refractivity contribution in [2.75, 3.05) is 39.6 Å². The minimum Gasteiger partial charge on any atom is -0.463 e. The van der Waals surface area contributed by atoms with E-state index in [0.717, 1.165) is 141 Å². The summed E-state index contributed by atoms with van der Waals surface area (Å²) in [4.78, 5) is 59.4. The van der Waals surface area contributed by atoms with Crippen molar-refractivity contribution in [1.82, 2.24) is 0 Å². The predicted molar refractivity (Wildman–Crippen MR) is 574 cm³/mol. The fraction of sp³-hybridized carbons (Fsp3) is 0.752. The lowest BCUT2D eigenvalue weighted by molar-refractivity contribution is -0.161. The highest BCUT2D eigenvalue weighted by molar-refractivity contribution is 7.47.